The number of aliphatic hydroxyl groups is 1. The lowest BCUT2D eigenvalue weighted by Gasteiger charge is -2.33. The Morgan fingerprint density at radius 2 is 1.80 bits per heavy atom. The third kappa shape index (κ3) is 5.33. The van der Waals surface area contributed by atoms with Crippen molar-refractivity contribution in [1.29, 1.82) is 0 Å². The van der Waals surface area contributed by atoms with Gasteiger partial charge < -0.3 is 15.3 Å². The minimum atomic E-state index is 0.0343. The number of rotatable bonds is 5. The Kier molecular flexibility index (Phi) is 6.51. The zero-order valence-electron chi connectivity index (χ0n) is 15.0. The molecule has 1 saturated heterocycles. The molecule has 1 aliphatic heterocycles. The van der Waals surface area contributed by atoms with Gasteiger partial charge >= 0.3 is 0 Å². The van der Waals surface area contributed by atoms with Crippen LogP contribution in [0.1, 0.15) is 50.5 Å². The van der Waals surface area contributed by atoms with Crippen molar-refractivity contribution < 1.29 is 9.90 Å². The van der Waals surface area contributed by atoms with E-state index in [1.165, 1.54) is 30.5 Å². The molecule has 4 nitrogen and oxygen atoms in total. The van der Waals surface area contributed by atoms with Crippen molar-refractivity contribution in [2.24, 2.45) is 5.92 Å². The molecule has 0 unspecified atom stereocenters. The van der Waals surface area contributed by atoms with Crippen molar-refractivity contribution in [2.45, 2.75) is 51.5 Å². The number of nitrogens with one attached hydrogen (secondary N) is 1. The molecule has 1 heterocycles. The number of carbonyl (C=O) groups excluding carboxylic acids is 1. The molecule has 1 aliphatic carbocycles. The topological polar surface area (TPSA) is 52.6 Å². The summed E-state index contributed by atoms with van der Waals surface area (Å²) < 4.78 is 0. The predicted octanol–water partition coefficient (Wildman–Crippen LogP) is 3.40. The van der Waals surface area contributed by atoms with Crippen LogP contribution in [-0.2, 0) is 11.3 Å². The molecule has 0 bridgehead atoms. The maximum atomic E-state index is 12.0. The number of hydrogen-bond donors (Lipinski definition) is 2. The minimum Gasteiger partial charge on any atom is -0.396 e. The van der Waals surface area contributed by atoms with Gasteiger partial charge in [0.2, 0.25) is 5.91 Å². The smallest absolute Gasteiger partial charge is 0.244 e. The molecule has 1 aromatic rings. The molecule has 136 valence electrons. The zero-order valence-corrected chi connectivity index (χ0v) is 15.0. The number of amides is 1. The summed E-state index contributed by atoms with van der Waals surface area (Å²) in [5, 5.41) is 12.2. The van der Waals surface area contributed by atoms with Crippen LogP contribution in [0.15, 0.2) is 35.9 Å². The summed E-state index contributed by atoms with van der Waals surface area (Å²) in [5.41, 5.74) is 3.66. The monoisotopic (exact) mass is 342 g/mol. The maximum Gasteiger partial charge on any atom is 0.244 e. The number of piperidine rings is 1. The van der Waals surface area contributed by atoms with Gasteiger partial charge in [0.15, 0.2) is 0 Å². The minimum absolute atomic E-state index is 0.0343. The molecule has 25 heavy (non-hydrogen) atoms. The summed E-state index contributed by atoms with van der Waals surface area (Å²) in [6.45, 7) is 2.90. The van der Waals surface area contributed by atoms with E-state index in [0.717, 1.165) is 44.3 Å². The average molecular weight is 342 g/mol. The van der Waals surface area contributed by atoms with Crippen LogP contribution in [0.3, 0.4) is 0 Å². The molecule has 2 N–H and O–H groups in total. The van der Waals surface area contributed by atoms with Crippen LogP contribution in [0.2, 0.25) is 0 Å². The number of carbonyl (C=O) groups is 1. The summed E-state index contributed by atoms with van der Waals surface area (Å²) in [5.74, 6) is 0.496. The van der Waals surface area contributed by atoms with E-state index in [2.05, 4.69) is 34.5 Å². The lowest BCUT2D eigenvalue weighted by atomic mass is 9.94. The summed E-state index contributed by atoms with van der Waals surface area (Å²) >= 11 is 0. The van der Waals surface area contributed by atoms with E-state index < -0.39 is 0 Å². The summed E-state index contributed by atoms with van der Waals surface area (Å²) in [6, 6.07) is 8.48. The molecular weight excluding hydrogens is 312 g/mol. The molecule has 1 amide bonds. The van der Waals surface area contributed by atoms with Crippen LogP contribution >= 0.6 is 0 Å². The van der Waals surface area contributed by atoms with Gasteiger partial charge in [-0.1, -0.05) is 24.1 Å². The highest BCUT2D eigenvalue weighted by atomic mass is 16.3. The molecule has 0 spiro atoms. The SMILES string of the molecule is O=C(C=C1CCCCC1)NCc1ccc(N2CCC(CO)CC2)cc1. The van der Waals surface area contributed by atoms with E-state index >= 15 is 0 Å². The quantitative estimate of drug-likeness (QED) is 0.807. The molecule has 0 radical (unpaired) electrons. The van der Waals surface area contributed by atoms with E-state index in [1.54, 1.807) is 6.08 Å². The van der Waals surface area contributed by atoms with E-state index in [9.17, 15) is 9.90 Å². The van der Waals surface area contributed by atoms with Crippen LogP contribution in [0, 0.1) is 5.92 Å². The number of benzene rings is 1. The molecule has 2 aliphatic rings. The summed E-state index contributed by atoms with van der Waals surface area (Å²) in [6.07, 6.45) is 9.81. The molecule has 0 aromatic heterocycles. The van der Waals surface area contributed by atoms with Crippen molar-refractivity contribution in [3.63, 3.8) is 0 Å². The molecule has 2 fully saturated rings. The normalized spacial score (nSPS) is 18.9. The van der Waals surface area contributed by atoms with E-state index in [-0.39, 0.29) is 5.91 Å². The molecule has 4 heteroatoms. The first-order valence-electron chi connectivity index (χ1n) is 9.66. The first-order valence-corrected chi connectivity index (χ1v) is 9.66. The van der Waals surface area contributed by atoms with E-state index in [4.69, 9.17) is 0 Å². The lowest BCUT2D eigenvalue weighted by Crippen LogP contribution is -2.34. The fourth-order valence-corrected chi connectivity index (χ4v) is 3.77. The first-order chi connectivity index (χ1) is 12.2. The van der Waals surface area contributed by atoms with Gasteiger partial charge in [-0.15, -0.1) is 0 Å². The van der Waals surface area contributed by atoms with Crippen molar-refractivity contribution in [3.05, 3.63) is 41.5 Å². The third-order valence-corrected chi connectivity index (χ3v) is 5.47. The van der Waals surface area contributed by atoms with Crippen LogP contribution in [0.25, 0.3) is 0 Å². The van der Waals surface area contributed by atoms with E-state index in [1.807, 2.05) is 0 Å². The van der Waals surface area contributed by atoms with Crippen LogP contribution in [0.5, 0.6) is 0 Å². The van der Waals surface area contributed by atoms with Gasteiger partial charge in [0.05, 0.1) is 0 Å². The largest absolute Gasteiger partial charge is 0.396 e. The van der Waals surface area contributed by atoms with Gasteiger partial charge in [-0.05, 0) is 62.1 Å². The van der Waals surface area contributed by atoms with E-state index in [0.29, 0.717) is 19.1 Å². The highest BCUT2D eigenvalue weighted by Gasteiger charge is 2.18. The standard InChI is InChI=1S/C21H30N2O2/c24-16-19-10-12-23(13-11-19)20-8-6-18(7-9-20)15-22-21(25)14-17-4-2-1-3-5-17/h6-9,14,19,24H,1-5,10-13,15-16H2,(H,22,25). The van der Waals surface area contributed by atoms with Crippen LogP contribution < -0.4 is 10.2 Å². The maximum absolute atomic E-state index is 12.0. The van der Waals surface area contributed by atoms with Gasteiger partial charge in [0.1, 0.15) is 0 Å². The number of aliphatic hydroxyl groups excluding tert-OH is 1. The van der Waals surface area contributed by atoms with Crippen LogP contribution in [-0.4, -0.2) is 30.7 Å². The van der Waals surface area contributed by atoms with Gasteiger partial charge in [0.25, 0.3) is 0 Å². The number of nitrogens with zero attached hydrogens (tertiary/aromatic N) is 1. The van der Waals surface area contributed by atoms with Gasteiger partial charge in [0, 0.05) is 38.0 Å². The predicted molar refractivity (Wildman–Crippen MR) is 101 cm³/mol. The Labute approximate surface area is 150 Å². The molecule has 3 rings (SSSR count). The van der Waals surface area contributed by atoms with Crippen molar-refractivity contribution >= 4 is 11.6 Å². The Morgan fingerprint density at radius 1 is 1.12 bits per heavy atom. The highest BCUT2D eigenvalue weighted by molar-refractivity contribution is 5.88. The van der Waals surface area contributed by atoms with Crippen LogP contribution in [0.4, 0.5) is 5.69 Å². The number of hydrogen-bond acceptors (Lipinski definition) is 3. The second-order valence-electron chi connectivity index (χ2n) is 7.36. The summed E-state index contributed by atoms with van der Waals surface area (Å²) in [4.78, 5) is 14.4. The van der Waals surface area contributed by atoms with Gasteiger partial charge in [-0.3, -0.25) is 4.79 Å². The molecule has 0 atom stereocenters. The van der Waals surface area contributed by atoms with Crippen molar-refractivity contribution in [3.8, 4) is 0 Å². The summed E-state index contributed by atoms with van der Waals surface area (Å²) in [7, 11) is 0. The third-order valence-electron chi connectivity index (χ3n) is 5.47. The Morgan fingerprint density at radius 3 is 2.44 bits per heavy atom. The fourth-order valence-electron chi connectivity index (χ4n) is 3.77. The Hall–Kier alpha value is -1.81. The average Bonchev–Trinajstić information content (AvgIpc) is 2.68. The molecule has 1 aromatic carbocycles. The number of anilines is 1. The van der Waals surface area contributed by atoms with Gasteiger partial charge in [-0.25, -0.2) is 0 Å². The van der Waals surface area contributed by atoms with Crippen molar-refractivity contribution in [1.82, 2.24) is 5.32 Å². The van der Waals surface area contributed by atoms with Gasteiger partial charge in [-0.2, -0.15) is 0 Å². The fraction of sp³-hybridized carbons (Fsp3) is 0.571. The second-order valence-corrected chi connectivity index (χ2v) is 7.36. The Balaban J connectivity index is 1.47. The van der Waals surface area contributed by atoms with Crippen molar-refractivity contribution in [2.75, 3.05) is 24.6 Å². The second kappa shape index (κ2) is 9.04. The zero-order chi connectivity index (χ0) is 17.5. The molecular formula is C21H30N2O2. The first kappa shape index (κ1) is 18.0. The highest BCUT2D eigenvalue weighted by Crippen LogP contribution is 2.24. The lowest BCUT2D eigenvalue weighted by molar-refractivity contribution is -0.116. The molecule has 1 saturated carbocycles. The number of allylic oxidation sites excluding steroid dienone is 1. The Bertz CT molecular complexity index is 578.